The molecule has 0 aromatic heterocycles. The third-order valence-corrected chi connectivity index (χ3v) is 4.25. The zero-order valence-electron chi connectivity index (χ0n) is 10.5. The zero-order valence-corrected chi connectivity index (χ0v) is 12.1. The van der Waals surface area contributed by atoms with Crippen molar-refractivity contribution in [2.24, 2.45) is 4.99 Å². The number of nitrogens with one attached hydrogen (secondary N) is 1. The van der Waals surface area contributed by atoms with Crippen molar-refractivity contribution in [2.45, 2.75) is 17.8 Å². The van der Waals surface area contributed by atoms with Gasteiger partial charge in [-0.25, -0.2) is 4.99 Å². The number of halogens is 1. The van der Waals surface area contributed by atoms with Crippen LogP contribution in [-0.2, 0) is 4.74 Å². The molecular weight excluding hydrogens is 294 g/mol. The highest BCUT2D eigenvalue weighted by Crippen LogP contribution is 2.26. The average molecular weight is 312 g/mol. The standard InChI is InChI=1S/C13H18BrN3O/c1-9-8-18-5-4-17(9)13-11(14)6-10-7-15-3-2-12(10)16-13/h2,6,9,11,15H,3-5,7-8H2,1H3/t9-,11?/m1/s1. The molecule has 3 aliphatic heterocycles. The van der Waals surface area contributed by atoms with Crippen molar-refractivity contribution in [3.63, 3.8) is 0 Å². The minimum Gasteiger partial charge on any atom is -0.377 e. The lowest BCUT2D eigenvalue weighted by atomic mass is 10.0. The lowest BCUT2D eigenvalue weighted by Crippen LogP contribution is -2.50. The molecule has 3 aliphatic rings. The van der Waals surface area contributed by atoms with Crippen LogP contribution in [0.15, 0.2) is 28.4 Å². The predicted octanol–water partition coefficient (Wildman–Crippen LogP) is 1.30. The fraction of sp³-hybridized carbons (Fsp3) is 0.615. The van der Waals surface area contributed by atoms with E-state index in [-0.39, 0.29) is 4.83 Å². The van der Waals surface area contributed by atoms with Crippen molar-refractivity contribution >= 4 is 21.8 Å². The van der Waals surface area contributed by atoms with E-state index in [0.29, 0.717) is 6.04 Å². The smallest absolute Gasteiger partial charge is 0.123 e. The summed E-state index contributed by atoms with van der Waals surface area (Å²) >= 11 is 3.74. The summed E-state index contributed by atoms with van der Waals surface area (Å²) in [6.45, 7) is 6.53. The van der Waals surface area contributed by atoms with Crippen LogP contribution in [0.25, 0.3) is 0 Å². The zero-order chi connectivity index (χ0) is 12.5. The van der Waals surface area contributed by atoms with Gasteiger partial charge >= 0.3 is 0 Å². The van der Waals surface area contributed by atoms with Crippen molar-refractivity contribution in [2.75, 3.05) is 32.8 Å². The molecule has 3 rings (SSSR count). The molecule has 0 bridgehead atoms. The number of aliphatic imine (C=N–C) groups is 1. The van der Waals surface area contributed by atoms with Gasteiger partial charge in [-0.05, 0) is 18.6 Å². The van der Waals surface area contributed by atoms with Crippen LogP contribution in [0.2, 0.25) is 0 Å². The van der Waals surface area contributed by atoms with E-state index in [1.54, 1.807) is 0 Å². The predicted molar refractivity (Wildman–Crippen MR) is 76.2 cm³/mol. The Morgan fingerprint density at radius 3 is 3.28 bits per heavy atom. The van der Waals surface area contributed by atoms with E-state index < -0.39 is 0 Å². The topological polar surface area (TPSA) is 36.9 Å². The fourth-order valence-corrected chi connectivity index (χ4v) is 3.27. The van der Waals surface area contributed by atoms with Crippen molar-refractivity contribution in [1.29, 1.82) is 0 Å². The number of ether oxygens (including phenoxy) is 1. The molecule has 3 heterocycles. The normalized spacial score (nSPS) is 32.3. The van der Waals surface area contributed by atoms with E-state index in [9.17, 15) is 0 Å². The number of fused-ring (bicyclic) bond motifs is 1. The molecule has 0 aromatic rings. The number of amidine groups is 1. The largest absolute Gasteiger partial charge is 0.377 e. The molecule has 2 atom stereocenters. The molecule has 5 heteroatoms. The summed E-state index contributed by atoms with van der Waals surface area (Å²) in [4.78, 5) is 7.43. The van der Waals surface area contributed by atoms with Crippen LogP contribution < -0.4 is 5.32 Å². The van der Waals surface area contributed by atoms with Gasteiger partial charge in [-0.15, -0.1) is 0 Å². The second-order valence-corrected chi connectivity index (χ2v) is 5.89. The number of hydrogen-bond donors (Lipinski definition) is 1. The monoisotopic (exact) mass is 311 g/mol. The van der Waals surface area contributed by atoms with E-state index in [4.69, 9.17) is 9.73 Å². The molecule has 0 amide bonds. The number of hydrogen-bond acceptors (Lipinski definition) is 4. The molecule has 0 radical (unpaired) electrons. The summed E-state index contributed by atoms with van der Waals surface area (Å²) in [6, 6.07) is 0.398. The van der Waals surface area contributed by atoms with E-state index >= 15 is 0 Å². The molecule has 0 aromatic carbocycles. The Labute approximate surface area is 116 Å². The maximum absolute atomic E-state index is 5.49. The number of dihydropyridines is 1. The summed E-state index contributed by atoms with van der Waals surface area (Å²) < 4.78 is 5.49. The number of nitrogens with zero attached hydrogens (tertiary/aromatic N) is 2. The Kier molecular flexibility index (Phi) is 3.54. The first-order chi connectivity index (χ1) is 8.75. The Bertz CT molecular complexity index is 430. The van der Waals surface area contributed by atoms with Gasteiger partial charge in [0.2, 0.25) is 0 Å². The quantitative estimate of drug-likeness (QED) is 0.685. The first kappa shape index (κ1) is 12.4. The van der Waals surface area contributed by atoms with Gasteiger partial charge in [0.15, 0.2) is 0 Å². The molecule has 98 valence electrons. The van der Waals surface area contributed by atoms with Crippen LogP contribution in [-0.4, -0.2) is 54.5 Å². The highest BCUT2D eigenvalue weighted by atomic mass is 79.9. The van der Waals surface area contributed by atoms with Gasteiger partial charge in [0, 0.05) is 19.6 Å². The number of morpholine rings is 1. The molecule has 1 unspecified atom stereocenters. The molecule has 1 N–H and O–H groups in total. The molecule has 0 spiro atoms. The first-order valence-electron chi connectivity index (χ1n) is 6.44. The van der Waals surface area contributed by atoms with E-state index in [1.807, 2.05) is 0 Å². The number of rotatable bonds is 0. The molecule has 4 nitrogen and oxygen atoms in total. The summed E-state index contributed by atoms with van der Waals surface area (Å²) in [5, 5.41) is 3.34. The van der Waals surface area contributed by atoms with Crippen molar-refractivity contribution in [3.05, 3.63) is 23.4 Å². The maximum Gasteiger partial charge on any atom is 0.123 e. The molecule has 0 saturated carbocycles. The SMILES string of the molecule is C[C@@H]1COCCN1C1=NC2=CCNCC2=CC1Br. The summed E-state index contributed by atoms with van der Waals surface area (Å²) in [7, 11) is 0. The lowest BCUT2D eigenvalue weighted by molar-refractivity contribution is 0.0326. The Balaban J connectivity index is 1.87. The van der Waals surface area contributed by atoms with Gasteiger partial charge in [0.25, 0.3) is 0 Å². The van der Waals surface area contributed by atoms with E-state index in [0.717, 1.165) is 44.4 Å². The minimum atomic E-state index is 0.213. The van der Waals surface area contributed by atoms with Gasteiger partial charge in [-0.1, -0.05) is 22.0 Å². The third-order valence-electron chi connectivity index (χ3n) is 3.58. The highest BCUT2D eigenvalue weighted by Gasteiger charge is 2.29. The van der Waals surface area contributed by atoms with Gasteiger partial charge in [-0.3, -0.25) is 0 Å². The molecule has 0 aliphatic carbocycles. The second-order valence-electron chi connectivity index (χ2n) is 4.90. The minimum absolute atomic E-state index is 0.213. The summed E-state index contributed by atoms with van der Waals surface area (Å²) in [6.07, 6.45) is 4.43. The first-order valence-corrected chi connectivity index (χ1v) is 7.36. The van der Waals surface area contributed by atoms with Crippen LogP contribution in [0.4, 0.5) is 0 Å². The van der Waals surface area contributed by atoms with Crippen LogP contribution in [0.1, 0.15) is 6.92 Å². The maximum atomic E-state index is 5.49. The van der Waals surface area contributed by atoms with Crippen molar-refractivity contribution < 1.29 is 4.74 Å². The molecule has 18 heavy (non-hydrogen) atoms. The van der Waals surface area contributed by atoms with Crippen LogP contribution in [0.3, 0.4) is 0 Å². The lowest BCUT2D eigenvalue weighted by Gasteiger charge is -2.38. The van der Waals surface area contributed by atoms with Crippen LogP contribution >= 0.6 is 15.9 Å². The fourth-order valence-electron chi connectivity index (χ4n) is 2.59. The van der Waals surface area contributed by atoms with E-state index in [2.05, 4.69) is 45.2 Å². The Morgan fingerprint density at radius 2 is 2.44 bits per heavy atom. The number of alkyl halides is 1. The van der Waals surface area contributed by atoms with Crippen LogP contribution in [0, 0.1) is 0 Å². The van der Waals surface area contributed by atoms with Crippen molar-refractivity contribution in [1.82, 2.24) is 10.2 Å². The van der Waals surface area contributed by atoms with E-state index in [1.165, 1.54) is 5.57 Å². The van der Waals surface area contributed by atoms with Crippen LogP contribution in [0.5, 0.6) is 0 Å². The van der Waals surface area contributed by atoms with Gasteiger partial charge < -0.3 is 15.0 Å². The summed E-state index contributed by atoms with van der Waals surface area (Å²) in [5.41, 5.74) is 2.44. The molecular formula is C13H18BrN3O. The third kappa shape index (κ3) is 2.27. The molecule has 1 saturated heterocycles. The Hall–Kier alpha value is -0.650. The van der Waals surface area contributed by atoms with Gasteiger partial charge in [-0.2, -0.15) is 0 Å². The summed E-state index contributed by atoms with van der Waals surface area (Å²) in [5.74, 6) is 1.13. The second kappa shape index (κ2) is 5.15. The Morgan fingerprint density at radius 1 is 1.56 bits per heavy atom. The van der Waals surface area contributed by atoms with Gasteiger partial charge in [0.1, 0.15) is 5.84 Å². The molecule has 1 fully saturated rings. The average Bonchev–Trinajstić information content (AvgIpc) is 2.39. The van der Waals surface area contributed by atoms with Crippen molar-refractivity contribution in [3.8, 4) is 0 Å². The van der Waals surface area contributed by atoms with Gasteiger partial charge in [0.05, 0.1) is 29.8 Å². The highest BCUT2D eigenvalue weighted by molar-refractivity contribution is 9.10.